The van der Waals surface area contributed by atoms with Crippen molar-refractivity contribution < 1.29 is 4.92 Å². The number of rotatable bonds is 1. The topological polar surface area (TPSA) is 111 Å². The average Bonchev–Trinajstić information content (AvgIpc) is 2.34. The number of aromatic nitrogens is 4. The summed E-state index contributed by atoms with van der Waals surface area (Å²) in [7, 11) is 0. The number of nitro groups is 1. The molecule has 8 nitrogen and oxygen atoms in total. The lowest BCUT2D eigenvalue weighted by Crippen LogP contribution is -1.93. The molecule has 1 aromatic heterocycles. The molecule has 0 atom stereocenters. The van der Waals surface area contributed by atoms with Gasteiger partial charge in [0.1, 0.15) is 0 Å². The predicted octanol–water partition coefficient (Wildman–Crippen LogP) is -1.09. The van der Waals surface area contributed by atoms with Gasteiger partial charge in [-0.05, 0) is 4.92 Å². The Morgan fingerprint density at radius 1 is 1.80 bits per heavy atom. The van der Waals surface area contributed by atoms with Crippen LogP contribution in [0.2, 0.25) is 0 Å². The third-order valence-electron chi connectivity index (χ3n) is 0.656. The zero-order chi connectivity index (χ0) is 7.56. The van der Waals surface area contributed by atoms with Gasteiger partial charge in [0.25, 0.3) is 0 Å². The molecule has 8 heteroatoms. The Kier molecular flexibility index (Phi) is 1.25. The van der Waals surface area contributed by atoms with Crippen LogP contribution < -0.4 is 0 Å². The average molecular weight is 140 g/mol. The molecule has 0 aromatic carbocycles. The number of hydrogen-bond donors (Lipinski definition) is 0. The van der Waals surface area contributed by atoms with Crippen molar-refractivity contribution in [1.29, 1.82) is 5.26 Å². The van der Waals surface area contributed by atoms with E-state index in [2.05, 4.69) is 15.4 Å². The quantitative estimate of drug-likeness (QED) is 0.362. The zero-order valence-electron chi connectivity index (χ0n) is 4.50. The van der Waals surface area contributed by atoms with E-state index in [4.69, 9.17) is 5.26 Å². The molecule has 50 valence electrons. The minimum Gasteiger partial charge on any atom is -0.390 e. The van der Waals surface area contributed by atoms with E-state index in [1.807, 2.05) is 0 Å². The molecule has 0 amide bonds. The van der Waals surface area contributed by atoms with Crippen LogP contribution in [0.3, 0.4) is 0 Å². The van der Waals surface area contributed by atoms with E-state index in [-0.39, 0.29) is 0 Å². The third-order valence-corrected chi connectivity index (χ3v) is 0.656. The van der Waals surface area contributed by atoms with Crippen molar-refractivity contribution in [3.63, 3.8) is 0 Å². The molecule has 0 spiro atoms. The van der Waals surface area contributed by atoms with Gasteiger partial charge < -0.3 is 10.1 Å². The van der Waals surface area contributed by atoms with Gasteiger partial charge in [-0.15, -0.1) is 0 Å². The second-order valence-electron chi connectivity index (χ2n) is 1.24. The molecular formula is C2N6O2. The minimum atomic E-state index is -0.832. The van der Waals surface area contributed by atoms with Gasteiger partial charge >= 0.3 is 5.95 Å². The van der Waals surface area contributed by atoms with Gasteiger partial charge in [0.2, 0.25) is 6.19 Å². The van der Waals surface area contributed by atoms with E-state index in [9.17, 15) is 10.1 Å². The van der Waals surface area contributed by atoms with Crippen LogP contribution in [-0.4, -0.2) is 25.1 Å². The van der Waals surface area contributed by atoms with Crippen LogP contribution >= 0.6 is 0 Å². The van der Waals surface area contributed by atoms with Crippen LogP contribution in [-0.2, 0) is 0 Å². The highest BCUT2D eigenvalue weighted by molar-refractivity contribution is 4.94. The molecule has 0 aliphatic rings. The van der Waals surface area contributed by atoms with Crippen molar-refractivity contribution >= 4 is 5.95 Å². The summed E-state index contributed by atoms with van der Waals surface area (Å²) in [5, 5.41) is 26.9. The molecule has 0 saturated heterocycles. The molecule has 0 fully saturated rings. The number of nitrogens with zero attached hydrogens (tertiary/aromatic N) is 6. The van der Waals surface area contributed by atoms with E-state index in [1.54, 1.807) is 0 Å². The minimum absolute atomic E-state index is 0.456. The molecule has 0 unspecified atom stereocenters. The SMILES string of the molecule is N#Cn1nnc([N+](=O)[O-])n1. The summed E-state index contributed by atoms with van der Waals surface area (Å²) in [5.41, 5.74) is 0. The first-order valence-corrected chi connectivity index (χ1v) is 2.08. The van der Waals surface area contributed by atoms with Crippen molar-refractivity contribution in [1.82, 2.24) is 20.2 Å². The molecule has 0 bridgehead atoms. The fourth-order valence-electron chi connectivity index (χ4n) is 0.322. The van der Waals surface area contributed by atoms with E-state index in [0.29, 0.717) is 4.80 Å². The van der Waals surface area contributed by atoms with Gasteiger partial charge in [-0.1, -0.05) is 0 Å². The highest BCUT2D eigenvalue weighted by Crippen LogP contribution is 1.94. The molecule has 1 heterocycles. The summed E-state index contributed by atoms with van der Waals surface area (Å²) in [6.07, 6.45) is 1.43. The molecular weight excluding hydrogens is 140 g/mol. The Morgan fingerprint density at radius 3 is 2.80 bits per heavy atom. The first kappa shape index (κ1) is 6.09. The molecule has 1 rings (SSSR count). The van der Waals surface area contributed by atoms with Gasteiger partial charge in [0.15, 0.2) is 0 Å². The molecule has 0 N–H and O–H groups in total. The molecule has 0 aliphatic carbocycles. The van der Waals surface area contributed by atoms with Crippen LogP contribution in [0.15, 0.2) is 0 Å². The van der Waals surface area contributed by atoms with Crippen molar-refractivity contribution in [3.8, 4) is 6.19 Å². The fourth-order valence-corrected chi connectivity index (χ4v) is 0.322. The lowest BCUT2D eigenvalue weighted by Gasteiger charge is -1.79. The maximum Gasteiger partial charge on any atom is 0.515 e. The Morgan fingerprint density at radius 2 is 2.50 bits per heavy atom. The predicted molar refractivity (Wildman–Crippen MR) is 25.5 cm³/mol. The van der Waals surface area contributed by atoms with Crippen molar-refractivity contribution in [2.24, 2.45) is 0 Å². The van der Waals surface area contributed by atoms with Gasteiger partial charge in [-0.25, -0.2) is 0 Å². The summed E-state index contributed by atoms with van der Waals surface area (Å²) >= 11 is 0. The van der Waals surface area contributed by atoms with Crippen molar-refractivity contribution in [2.75, 3.05) is 0 Å². The van der Waals surface area contributed by atoms with Gasteiger partial charge in [0, 0.05) is 4.80 Å². The summed E-state index contributed by atoms with van der Waals surface area (Å²) < 4.78 is 0. The number of nitriles is 1. The molecule has 0 aliphatic heterocycles. The summed E-state index contributed by atoms with van der Waals surface area (Å²) in [4.78, 5) is 9.47. The monoisotopic (exact) mass is 140 g/mol. The lowest BCUT2D eigenvalue weighted by atomic mass is 11.1. The second-order valence-corrected chi connectivity index (χ2v) is 1.24. The lowest BCUT2D eigenvalue weighted by molar-refractivity contribution is -0.394. The highest BCUT2D eigenvalue weighted by atomic mass is 16.6. The first-order chi connectivity index (χ1) is 4.74. The van der Waals surface area contributed by atoms with Gasteiger partial charge in [0.05, 0.1) is 15.4 Å². The van der Waals surface area contributed by atoms with Gasteiger partial charge in [-0.3, -0.25) is 0 Å². The molecule has 0 radical (unpaired) electrons. The van der Waals surface area contributed by atoms with E-state index < -0.39 is 10.9 Å². The maximum atomic E-state index is 9.85. The van der Waals surface area contributed by atoms with Crippen LogP contribution in [0, 0.1) is 21.6 Å². The summed E-state index contributed by atoms with van der Waals surface area (Å²) in [6, 6.07) is 0. The Bertz CT molecular complexity index is 295. The summed E-state index contributed by atoms with van der Waals surface area (Å²) in [6.45, 7) is 0. The van der Waals surface area contributed by atoms with Crippen LogP contribution in [0.25, 0.3) is 0 Å². The maximum absolute atomic E-state index is 9.85. The first-order valence-electron chi connectivity index (χ1n) is 2.08. The van der Waals surface area contributed by atoms with Crippen LogP contribution in [0.5, 0.6) is 0 Å². The molecule has 0 saturated carbocycles. The smallest absolute Gasteiger partial charge is 0.390 e. The third kappa shape index (κ3) is 0.873. The van der Waals surface area contributed by atoms with E-state index in [1.165, 1.54) is 6.19 Å². The number of tetrazole rings is 1. The van der Waals surface area contributed by atoms with E-state index >= 15 is 0 Å². The fraction of sp³-hybridized carbons (Fsp3) is 0. The molecule has 1 aromatic rings. The normalized spacial score (nSPS) is 8.70. The van der Waals surface area contributed by atoms with Crippen molar-refractivity contribution in [2.45, 2.75) is 0 Å². The number of hydrogen-bond acceptors (Lipinski definition) is 6. The van der Waals surface area contributed by atoms with Crippen molar-refractivity contribution in [3.05, 3.63) is 10.1 Å². The largest absolute Gasteiger partial charge is 0.515 e. The van der Waals surface area contributed by atoms with Crippen LogP contribution in [0.1, 0.15) is 0 Å². The highest BCUT2D eigenvalue weighted by Gasteiger charge is 2.13. The Balaban J connectivity index is 3.02. The Hall–Kier alpha value is -2.04. The van der Waals surface area contributed by atoms with Crippen LogP contribution in [0.4, 0.5) is 5.95 Å². The zero-order valence-corrected chi connectivity index (χ0v) is 4.50. The van der Waals surface area contributed by atoms with Gasteiger partial charge in [-0.2, -0.15) is 5.26 Å². The Labute approximate surface area is 53.8 Å². The molecule has 10 heavy (non-hydrogen) atoms. The standard InChI is InChI=1S/C2N6O2/c3-1-7-5-2(4-6-7)8(9)10. The second kappa shape index (κ2) is 2.06. The van der Waals surface area contributed by atoms with E-state index in [0.717, 1.165) is 0 Å². The summed E-state index contributed by atoms with van der Waals surface area (Å²) in [5.74, 6) is -0.679.